The molecule has 0 unspecified atom stereocenters. The van der Waals surface area contributed by atoms with Crippen LogP contribution in [0.15, 0.2) is 99.1 Å². The normalized spacial score (nSPS) is 19.9. The van der Waals surface area contributed by atoms with E-state index in [1.807, 2.05) is 42.2 Å². The average Bonchev–Trinajstić information content (AvgIpc) is 3.41. The molecule has 5 rings (SSSR count). The van der Waals surface area contributed by atoms with Crippen molar-refractivity contribution in [3.8, 4) is 0 Å². The number of nitrogens with zero attached hydrogens (tertiary/aromatic N) is 4. The summed E-state index contributed by atoms with van der Waals surface area (Å²) >= 11 is 0. The predicted octanol–water partition coefficient (Wildman–Crippen LogP) is 3.12. The molecule has 0 saturated carbocycles. The fraction of sp³-hybridized carbons (Fsp3) is 0.321. The van der Waals surface area contributed by atoms with Crippen LogP contribution in [-0.4, -0.2) is 82.7 Å². The highest BCUT2D eigenvalue weighted by Gasteiger charge is 2.43. The lowest BCUT2D eigenvalue weighted by atomic mass is 10.1. The van der Waals surface area contributed by atoms with Gasteiger partial charge in [0.25, 0.3) is 10.0 Å². The van der Waals surface area contributed by atoms with Gasteiger partial charge in [0, 0.05) is 26.2 Å². The molecule has 2 aliphatic rings. The molecular weight excluding hydrogens is 536 g/mol. The Hall–Kier alpha value is -3.09. The van der Waals surface area contributed by atoms with Crippen LogP contribution in [-0.2, 0) is 24.8 Å². The van der Waals surface area contributed by atoms with E-state index in [0.717, 1.165) is 11.1 Å². The van der Waals surface area contributed by atoms with E-state index in [9.17, 15) is 16.8 Å². The molecule has 0 spiro atoms. The summed E-state index contributed by atoms with van der Waals surface area (Å²) in [5.41, 5.74) is 1.67. The maximum absolute atomic E-state index is 13.8. The van der Waals surface area contributed by atoms with E-state index in [1.54, 1.807) is 54.6 Å². The average molecular weight is 569 g/mol. The van der Waals surface area contributed by atoms with Crippen LogP contribution in [0.4, 0.5) is 0 Å². The lowest BCUT2D eigenvalue weighted by Gasteiger charge is -2.35. The highest BCUT2D eigenvalue weighted by Crippen LogP contribution is 2.35. The number of sulfonamides is 2. The van der Waals surface area contributed by atoms with Crippen molar-refractivity contribution in [3.05, 3.63) is 96.1 Å². The largest absolute Gasteiger partial charge is 0.379 e. The van der Waals surface area contributed by atoms with Gasteiger partial charge in [-0.25, -0.2) is 8.42 Å². The van der Waals surface area contributed by atoms with Crippen molar-refractivity contribution in [1.29, 1.82) is 0 Å². The van der Waals surface area contributed by atoms with Gasteiger partial charge in [-0.2, -0.15) is 12.7 Å². The zero-order chi connectivity index (χ0) is 27.5. The molecule has 2 heterocycles. The van der Waals surface area contributed by atoms with Gasteiger partial charge in [0.1, 0.15) is 12.0 Å². The van der Waals surface area contributed by atoms with Gasteiger partial charge in [0.15, 0.2) is 0 Å². The van der Waals surface area contributed by atoms with Gasteiger partial charge in [-0.1, -0.05) is 66.2 Å². The second kappa shape index (κ2) is 11.6. The number of morpholine rings is 1. The number of rotatable bonds is 7. The van der Waals surface area contributed by atoms with E-state index in [-0.39, 0.29) is 29.4 Å². The first kappa shape index (κ1) is 27.5. The summed E-state index contributed by atoms with van der Waals surface area (Å²) in [6.07, 6.45) is -0.760. The van der Waals surface area contributed by atoms with Crippen molar-refractivity contribution >= 4 is 25.9 Å². The Bertz CT molecular complexity index is 1510. The first-order chi connectivity index (χ1) is 18.8. The minimum atomic E-state index is -4.05. The minimum Gasteiger partial charge on any atom is -0.379 e. The van der Waals surface area contributed by atoms with Crippen LogP contribution in [0.3, 0.4) is 0 Å². The standard InChI is InChI=1S/C28H32N4O5S2/c1-23-12-14-25(15-13-23)38(33,34)29-27(22-30-18-20-37-21-19-30)31-16-17-32(28(31)24-8-4-2-5-9-24)39(35,36)26-10-6-3-7-11-26/h2-15,28H,16-22H2,1H3/t28-/m0/s1. The number of aryl methyl sites for hydroxylation is 1. The predicted molar refractivity (Wildman–Crippen MR) is 149 cm³/mol. The molecule has 11 heteroatoms. The molecule has 2 aliphatic heterocycles. The lowest BCUT2D eigenvalue weighted by Crippen LogP contribution is -2.46. The van der Waals surface area contributed by atoms with Crippen LogP contribution in [0.5, 0.6) is 0 Å². The third-order valence-electron chi connectivity index (χ3n) is 6.92. The summed E-state index contributed by atoms with van der Waals surface area (Å²) in [7, 11) is -7.94. The molecule has 1 atom stereocenters. The third kappa shape index (κ3) is 6.07. The molecule has 3 aromatic rings. The summed E-state index contributed by atoms with van der Waals surface area (Å²) in [6.45, 7) is 4.93. The minimum absolute atomic E-state index is 0.0943. The maximum atomic E-state index is 13.8. The Balaban J connectivity index is 1.60. The van der Waals surface area contributed by atoms with Crippen LogP contribution in [0.1, 0.15) is 17.3 Å². The van der Waals surface area contributed by atoms with Crippen molar-refractivity contribution in [2.24, 2.45) is 4.40 Å². The van der Waals surface area contributed by atoms with Gasteiger partial charge in [-0.3, -0.25) is 4.90 Å². The van der Waals surface area contributed by atoms with Crippen molar-refractivity contribution in [1.82, 2.24) is 14.1 Å². The number of hydrogen-bond donors (Lipinski definition) is 0. The molecule has 9 nitrogen and oxygen atoms in total. The second-order valence-corrected chi connectivity index (χ2v) is 13.1. The summed E-state index contributed by atoms with van der Waals surface area (Å²) in [6, 6.07) is 24.1. The smallest absolute Gasteiger partial charge is 0.283 e. The topological polar surface area (TPSA) is 99.6 Å². The maximum Gasteiger partial charge on any atom is 0.283 e. The summed E-state index contributed by atoms with van der Waals surface area (Å²) < 4.78 is 66.0. The molecule has 0 N–H and O–H groups in total. The van der Waals surface area contributed by atoms with E-state index in [2.05, 4.69) is 9.30 Å². The molecular formula is C28H32N4O5S2. The fourth-order valence-corrected chi connectivity index (χ4v) is 7.48. The molecule has 0 amide bonds. The molecule has 0 radical (unpaired) electrons. The summed E-state index contributed by atoms with van der Waals surface area (Å²) in [4.78, 5) is 4.18. The molecule has 2 fully saturated rings. The van der Waals surface area contributed by atoms with Gasteiger partial charge < -0.3 is 9.64 Å². The number of benzene rings is 3. The zero-order valence-electron chi connectivity index (χ0n) is 21.8. The number of ether oxygens (including phenoxy) is 1. The molecule has 0 aliphatic carbocycles. The van der Waals surface area contributed by atoms with Crippen LogP contribution in [0.25, 0.3) is 0 Å². The zero-order valence-corrected chi connectivity index (χ0v) is 23.4. The quantitative estimate of drug-likeness (QED) is 0.319. The van der Waals surface area contributed by atoms with Gasteiger partial charge in [-0.15, -0.1) is 4.40 Å². The van der Waals surface area contributed by atoms with Gasteiger partial charge in [-0.05, 0) is 36.8 Å². The van der Waals surface area contributed by atoms with E-state index in [4.69, 9.17) is 4.74 Å². The van der Waals surface area contributed by atoms with E-state index in [1.165, 1.54) is 4.31 Å². The molecule has 0 aromatic heterocycles. The van der Waals surface area contributed by atoms with Gasteiger partial charge >= 0.3 is 0 Å². The summed E-state index contributed by atoms with van der Waals surface area (Å²) in [5, 5.41) is 0. The Morgan fingerprint density at radius 1 is 0.795 bits per heavy atom. The highest BCUT2D eigenvalue weighted by atomic mass is 32.2. The molecule has 206 valence electrons. The van der Waals surface area contributed by atoms with E-state index >= 15 is 0 Å². The van der Waals surface area contributed by atoms with Gasteiger partial charge in [0.05, 0.1) is 29.5 Å². The first-order valence-corrected chi connectivity index (χ1v) is 15.7. The third-order valence-corrected chi connectivity index (χ3v) is 10.1. The van der Waals surface area contributed by atoms with Crippen LogP contribution in [0, 0.1) is 6.92 Å². The number of hydrogen-bond acceptors (Lipinski definition) is 6. The lowest BCUT2D eigenvalue weighted by molar-refractivity contribution is 0.0438. The summed E-state index contributed by atoms with van der Waals surface area (Å²) in [5.74, 6) is 0.303. The van der Waals surface area contributed by atoms with Crippen LogP contribution >= 0.6 is 0 Å². The van der Waals surface area contributed by atoms with E-state index < -0.39 is 26.2 Å². The Labute approximate surface area is 230 Å². The SMILES string of the molecule is Cc1ccc(S(=O)(=O)N=C(CN2CCOCC2)N2CCN(S(=O)(=O)c3ccccc3)[C@H]2c2ccccc2)cc1. The van der Waals surface area contributed by atoms with Crippen molar-refractivity contribution in [2.75, 3.05) is 45.9 Å². The Morgan fingerprint density at radius 3 is 2.05 bits per heavy atom. The van der Waals surface area contributed by atoms with Crippen molar-refractivity contribution in [3.63, 3.8) is 0 Å². The molecule has 3 aromatic carbocycles. The first-order valence-electron chi connectivity index (χ1n) is 12.8. The Morgan fingerprint density at radius 2 is 1.41 bits per heavy atom. The van der Waals surface area contributed by atoms with Crippen LogP contribution in [0.2, 0.25) is 0 Å². The molecule has 39 heavy (non-hydrogen) atoms. The second-order valence-electron chi connectivity index (χ2n) is 9.59. The number of amidine groups is 1. The molecule has 0 bridgehead atoms. The van der Waals surface area contributed by atoms with Crippen LogP contribution < -0.4 is 0 Å². The Kier molecular flexibility index (Phi) is 8.15. The molecule has 2 saturated heterocycles. The van der Waals surface area contributed by atoms with Gasteiger partial charge in [0.2, 0.25) is 10.0 Å². The van der Waals surface area contributed by atoms with E-state index in [0.29, 0.717) is 32.1 Å². The van der Waals surface area contributed by atoms with Crippen molar-refractivity contribution in [2.45, 2.75) is 22.9 Å². The fourth-order valence-electron chi connectivity index (χ4n) is 4.86. The van der Waals surface area contributed by atoms with Crippen molar-refractivity contribution < 1.29 is 21.6 Å². The highest BCUT2D eigenvalue weighted by molar-refractivity contribution is 7.90. The monoisotopic (exact) mass is 568 g/mol.